The molecule has 39 heavy (non-hydrogen) atoms. The maximum absolute atomic E-state index is 14.1. The Morgan fingerprint density at radius 1 is 1.08 bits per heavy atom. The molecule has 4 fully saturated rings. The van der Waals surface area contributed by atoms with E-state index >= 15 is 0 Å². The fourth-order valence-electron chi connectivity index (χ4n) is 7.44. The van der Waals surface area contributed by atoms with Gasteiger partial charge in [-0.3, -0.25) is 14.4 Å². The summed E-state index contributed by atoms with van der Waals surface area (Å²) in [6.07, 6.45) is 9.19. The van der Waals surface area contributed by atoms with E-state index in [1.54, 1.807) is 4.90 Å². The number of nitrogens with one attached hydrogen (secondary N) is 2. The van der Waals surface area contributed by atoms with Crippen LogP contribution in [0.2, 0.25) is 0 Å². The number of nitrogens with zero attached hydrogens (tertiary/aromatic N) is 1. The van der Waals surface area contributed by atoms with Crippen LogP contribution in [0, 0.1) is 17.8 Å². The third-order valence-electron chi connectivity index (χ3n) is 9.63. The lowest BCUT2D eigenvalue weighted by Crippen LogP contribution is -2.58. The molecule has 210 valence electrons. The van der Waals surface area contributed by atoms with Crippen LogP contribution < -0.4 is 10.6 Å². The summed E-state index contributed by atoms with van der Waals surface area (Å²) in [5.41, 5.74) is 0.730. The summed E-state index contributed by atoms with van der Waals surface area (Å²) in [6, 6.07) is 7.07. The Labute approximate surface area is 230 Å². The van der Waals surface area contributed by atoms with Crippen LogP contribution in [-0.4, -0.2) is 65.7 Å². The van der Waals surface area contributed by atoms with Crippen molar-refractivity contribution in [1.82, 2.24) is 10.2 Å². The number of rotatable bonds is 7. The van der Waals surface area contributed by atoms with E-state index in [1.165, 1.54) is 12.0 Å². The summed E-state index contributed by atoms with van der Waals surface area (Å²) in [5, 5.41) is 6.31. The molecule has 5 aliphatic rings. The van der Waals surface area contributed by atoms with E-state index in [4.69, 9.17) is 9.47 Å². The SMILES string of the molecule is CC(C)c1ccc(NC(=O)[C@@H]2[C@@H]3C=C[C@]4(O3)[C@@H]2C(=O)N(C[C@H]2CCCO2)[C@H]4C(=O)N[C@@H]2CCCC[C@@H]2C)cc1. The van der Waals surface area contributed by atoms with Crippen LogP contribution in [0.3, 0.4) is 0 Å². The van der Waals surface area contributed by atoms with Gasteiger partial charge < -0.3 is 25.0 Å². The fourth-order valence-corrected chi connectivity index (χ4v) is 7.44. The topological polar surface area (TPSA) is 97.0 Å². The molecule has 4 aliphatic heterocycles. The number of carbonyl (C=O) groups excluding carboxylic acids is 3. The molecule has 8 atom stereocenters. The highest BCUT2D eigenvalue weighted by atomic mass is 16.5. The minimum Gasteiger partial charge on any atom is -0.376 e. The van der Waals surface area contributed by atoms with Gasteiger partial charge in [0, 0.05) is 24.9 Å². The van der Waals surface area contributed by atoms with Gasteiger partial charge in [-0.2, -0.15) is 0 Å². The first-order valence-electron chi connectivity index (χ1n) is 14.8. The molecule has 1 spiro atoms. The van der Waals surface area contributed by atoms with Gasteiger partial charge in [0.2, 0.25) is 17.7 Å². The lowest BCUT2D eigenvalue weighted by molar-refractivity contribution is -0.143. The Hall–Kier alpha value is -2.71. The maximum Gasteiger partial charge on any atom is 0.246 e. The zero-order chi connectivity index (χ0) is 27.3. The minimum absolute atomic E-state index is 0.0804. The van der Waals surface area contributed by atoms with Crippen molar-refractivity contribution in [3.8, 4) is 0 Å². The van der Waals surface area contributed by atoms with Crippen LogP contribution >= 0.6 is 0 Å². The summed E-state index contributed by atoms with van der Waals surface area (Å²) >= 11 is 0. The van der Waals surface area contributed by atoms with Gasteiger partial charge in [-0.25, -0.2) is 0 Å². The van der Waals surface area contributed by atoms with Crippen LogP contribution in [0.15, 0.2) is 36.4 Å². The van der Waals surface area contributed by atoms with E-state index in [-0.39, 0.29) is 29.9 Å². The molecular weight excluding hydrogens is 494 g/mol. The molecule has 3 saturated heterocycles. The Balaban J connectivity index is 1.27. The molecule has 0 aromatic heterocycles. The van der Waals surface area contributed by atoms with Crippen molar-refractivity contribution >= 4 is 23.4 Å². The molecule has 1 saturated carbocycles. The Morgan fingerprint density at radius 3 is 2.54 bits per heavy atom. The van der Waals surface area contributed by atoms with Gasteiger partial charge in [-0.05, 0) is 55.2 Å². The van der Waals surface area contributed by atoms with Gasteiger partial charge >= 0.3 is 0 Å². The van der Waals surface area contributed by atoms with Crippen molar-refractivity contribution in [2.75, 3.05) is 18.5 Å². The fraction of sp³-hybridized carbons (Fsp3) is 0.645. The number of hydrogen-bond acceptors (Lipinski definition) is 5. The standard InChI is InChI=1S/C31H41N3O5/c1-18(2)20-10-12-21(13-11-20)32-28(35)25-24-14-15-31(39-24)26(25)30(37)34(17-22-8-6-16-38-22)27(31)29(36)33-23-9-5-4-7-19(23)3/h10-15,18-19,22-27H,4-9,16-17H2,1-3H3,(H,32,35)(H,33,36)/t19-,22+,23+,24-,25+,26-,27-,31-/m0/s1. The first-order chi connectivity index (χ1) is 18.8. The molecule has 0 unspecified atom stereocenters. The number of carbonyl (C=O) groups is 3. The molecule has 1 aliphatic carbocycles. The van der Waals surface area contributed by atoms with E-state index in [1.807, 2.05) is 36.4 Å². The third-order valence-corrected chi connectivity index (χ3v) is 9.63. The second-order valence-electron chi connectivity index (χ2n) is 12.5. The van der Waals surface area contributed by atoms with E-state index in [0.29, 0.717) is 30.7 Å². The van der Waals surface area contributed by atoms with Gasteiger partial charge in [0.15, 0.2) is 0 Å². The minimum atomic E-state index is -1.15. The summed E-state index contributed by atoms with van der Waals surface area (Å²) in [4.78, 5) is 43.5. The molecule has 0 radical (unpaired) electrons. The lowest BCUT2D eigenvalue weighted by Gasteiger charge is -2.36. The van der Waals surface area contributed by atoms with Gasteiger partial charge in [0.1, 0.15) is 11.6 Å². The monoisotopic (exact) mass is 535 g/mol. The van der Waals surface area contributed by atoms with Crippen molar-refractivity contribution in [3.05, 3.63) is 42.0 Å². The molecule has 1 aromatic carbocycles. The Bertz CT molecular complexity index is 1140. The number of hydrogen-bond donors (Lipinski definition) is 2. The number of anilines is 1. The van der Waals surface area contributed by atoms with Gasteiger partial charge in [-0.15, -0.1) is 0 Å². The van der Waals surface area contributed by atoms with Crippen LogP contribution in [0.4, 0.5) is 5.69 Å². The normalized spacial score (nSPS) is 37.0. The first-order valence-corrected chi connectivity index (χ1v) is 14.8. The van der Waals surface area contributed by atoms with Crippen LogP contribution in [-0.2, 0) is 23.9 Å². The average Bonchev–Trinajstić information content (AvgIpc) is 3.69. The van der Waals surface area contributed by atoms with Crippen molar-refractivity contribution in [2.45, 2.75) is 95.1 Å². The number of benzene rings is 1. The molecule has 8 nitrogen and oxygen atoms in total. The second-order valence-corrected chi connectivity index (χ2v) is 12.5. The predicted octanol–water partition coefficient (Wildman–Crippen LogP) is 3.77. The second kappa shape index (κ2) is 10.4. The quantitative estimate of drug-likeness (QED) is 0.518. The molecule has 4 heterocycles. The van der Waals surface area contributed by atoms with Gasteiger partial charge in [-0.1, -0.05) is 57.9 Å². The van der Waals surface area contributed by atoms with Gasteiger partial charge in [0.25, 0.3) is 0 Å². The summed E-state index contributed by atoms with van der Waals surface area (Å²) < 4.78 is 12.4. The average molecular weight is 536 g/mol. The summed E-state index contributed by atoms with van der Waals surface area (Å²) in [6.45, 7) is 7.43. The van der Waals surface area contributed by atoms with Crippen molar-refractivity contribution in [1.29, 1.82) is 0 Å². The van der Waals surface area contributed by atoms with Gasteiger partial charge in [0.05, 0.1) is 24.0 Å². The van der Waals surface area contributed by atoms with Crippen molar-refractivity contribution < 1.29 is 23.9 Å². The highest BCUT2D eigenvalue weighted by Gasteiger charge is 2.73. The van der Waals surface area contributed by atoms with Crippen molar-refractivity contribution in [3.63, 3.8) is 0 Å². The number of fused-ring (bicyclic) bond motifs is 1. The highest BCUT2D eigenvalue weighted by Crippen LogP contribution is 2.55. The molecule has 3 amide bonds. The number of ether oxygens (including phenoxy) is 2. The molecule has 8 heteroatoms. The van der Waals surface area contributed by atoms with E-state index in [2.05, 4.69) is 31.4 Å². The third kappa shape index (κ3) is 4.59. The maximum atomic E-state index is 14.1. The number of amides is 3. The summed E-state index contributed by atoms with van der Waals surface area (Å²) in [7, 11) is 0. The largest absolute Gasteiger partial charge is 0.376 e. The van der Waals surface area contributed by atoms with Crippen molar-refractivity contribution in [2.24, 2.45) is 17.8 Å². The van der Waals surface area contributed by atoms with E-state index in [0.717, 1.165) is 32.1 Å². The highest BCUT2D eigenvalue weighted by molar-refractivity contribution is 6.02. The Morgan fingerprint density at radius 2 is 1.85 bits per heavy atom. The molecular formula is C31H41N3O5. The molecule has 1 aromatic rings. The molecule has 6 rings (SSSR count). The first kappa shape index (κ1) is 26.5. The predicted molar refractivity (Wildman–Crippen MR) is 147 cm³/mol. The summed E-state index contributed by atoms with van der Waals surface area (Å²) in [5.74, 6) is -1.29. The van der Waals surface area contributed by atoms with E-state index in [9.17, 15) is 14.4 Å². The zero-order valence-corrected chi connectivity index (χ0v) is 23.2. The Kier molecular flexibility index (Phi) is 7.04. The van der Waals surface area contributed by atoms with Crippen LogP contribution in [0.5, 0.6) is 0 Å². The lowest BCUT2D eigenvalue weighted by atomic mass is 9.74. The zero-order valence-electron chi connectivity index (χ0n) is 23.2. The van der Waals surface area contributed by atoms with Crippen LogP contribution in [0.1, 0.15) is 70.8 Å². The van der Waals surface area contributed by atoms with E-state index < -0.39 is 29.6 Å². The molecule has 2 N–H and O–H groups in total. The smallest absolute Gasteiger partial charge is 0.246 e. The van der Waals surface area contributed by atoms with Crippen LogP contribution in [0.25, 0.3) is 0 Å². The number of likely N-dealkylation sites (tertiary alicyclic amines) is 1. The molecule has 2 bridgehead atoms.